The van der Waals surface area contributed by atoms with Crippen LogP contribution in [0.15, 0.2) is 0 Å². The first-order valence-electron chi connectivity index (χ1n) is 10.0. The third-order valence-corrected chi connectivity index (χ3v) is 7.64. The largest absolute Gasteiger partial charge is 0.453 e. The molecular weight excluding hydrogens is 379 g/mol. The molecule has 2 heterocycles. The fourth-order valence-electron chi connectivity index (χ4n) is 3.85. The molecule has 0 unspecified atom stereocenters. The highest BCUT2D eigenvalue weighted by atomic mass is 32.2. The number of nitrogens with zero attached hydrogens (tertiary/aromatic N) is 2. The Hall–Kier alpha value is -0.908. The zero-order valence-electron chi connectivity index (χ0n) is 16.8. The van der Waals surface area contributed by atoms with E-state index in [1.165, 1.54) is 0 Å². The van der Waals surface area contributed by atoms with Gasteiger partial charge in [0.15, 0.2) is 5.91 Å². The summed E-state index contributed by atoms with van der Waals surface area (Å²) in [5.74, 6) is 1.34. The molecule has 27 heavy (non-hydrogen) atoms. The number of unbranched alkanes of at least 4 members (excludes halogenated alkanes) is 3. The molecule has 0 spiro atoms. The average Bonchev–Trinajstić information content (AvgIpc) is 3.17. The first-order valence-corrected chi connectivity index (χ1v) is 12.1. The highest BCUT2D eigenvalue weighted by Crippen LogP contribution is 2.36. The van der Waals surface area contributed by atoms with Crippen molar-refractivity contribution in [1.29, 1.82) is 0 Å². The van der Waals surface area contributed by atoms with Gasteiger partial charge in [-0.25, -0.2) is 4.79 Å². The molecule has 0 bridgehead atoms. The van der Waals surface area contributed by atoms with E-state index in [1.54, 1.807) is 0 Å². The van der Waals surface area contributed by atoms with E-state index in [4.69, 9.17) is 0 Å². The number of carbonyl (C=O) groups is 3. The van der Waals surface area contributed by atoms with Crippen LogP contribution >= 0.6 is 11.8 Å². The number of fused-ring (bicyclic) bond motifs is 1. The second-order valence-corrected chi connectivity index (χ2v) is 9.35. The zero-order valence-corrected chi connectivity index (χ0v) is 19.6. The maximum absolute atomic E-state index is 12.2. The molecular formula is C18H33AlN4O3S. The van der Waals surface area contributed by atoms with Gasteiger partial charge in [0.05, 0.1) is 12.1 Å². The summed E-state index contributed by atoms with van der Waals surface area (Å²) in [4.78, 5) is 38.8. The van der Waals surface area contributed by atoms with Crippen LogP contribution in [0.2, 0.25) is 0 Å². The van der Waals surface area contributed by atoms with Crippen molar-refractivity contribution in [2.24, 2.45) is 0 Å². The number of carbonyl (C=O) groups excluding carboxylic acids is 3. The summed E-state index contributed by atoms with van der Waals surface area (Å²) in [5.41, 5.74) is 0. The van der Waals surface area contributed by atoms with Crippen LogP contribution in [-0.4, -0.2) is 87.9 Å². The molecule has 2 saturated heterocycles. The van der Waals surface area contributed by atoms with Crippen molar-refractivity contribution in [1.82, 2.24) is 19.4 Å². The summed E-state index contributed by atoms with van der Waals surface area (Å²) in [6, 6.07) is 0.637. The Kier molecular flexibility index (Phi) is 9.27. The van der Waals surface area contributed by atoms with Gasteiger partial charge in [-0.2, -0.15) is 11.8 Å². The lowest BCUT2D eigenvalue weighted by Gasteiger charge is -2.23. The summed E-state index contributed by atoms with van der Waals surface area (Å²) < 4.78 is 2.76. The fourth-order valence-corrected chi connectivity index (χ4v) is 5.74. The van der Waals surface area contributed by atoms with Crippen molar-refractivity contribution < 1.29 is 14.4 Å². The predicted molar refractivity (Wildman–Crippen MR) is 111 cm³/mol. The van der Waals surface area contributed by atoms with E-state index in [0.29, 0.717) is 40.6 Å². The molecule has 0 aromatic carbocycles. The van der Waals surface area contributed by atoms with Gasteiger partial charge < -0.3 is 19.4 Å². The highest BCUT2D eigenvalue weighted by molar-refractivity contribution is 8.00. The predicted octanol–water partition coefficient (Wildman–Crippen LogP) is 0.738. The van der Waals surface area contributed by atoms with Crippen molar-refractivity contribution in [3.8, 4) is 0 Å². The second kappa shape index (κ2) is 11.2. The average molecular weight is 413 g/mol. The van der Waals surface area contributed by atoms with Gasteiger partial charge in [-0.05, 0) is 25.7 Å². The van der Waals surface area contributed by atoms with E-state index in [0.717, 1.165) is 50.8 Å². The Labute approximate surface area is 175 Å². The van der Waals surface area contributed by atoms with Gasteiger partial charge in [0.1, 0.15) is 0 Å². The van der Waals surface area contributed by atoms with Gasteiger partial charge in [0.2, 0.25) is 5.91 Å². The highest BCUT2D eigenvalue weighted by Gasteiger charge is 2.46. The number of thioether (sulfide) groups is 1. The van der Waals surface area contributed by atoms with Crippen LogP contribution in [-0.2, 0) is 9.59 Å². The minimum absolute atomic E-state index is 0.0456. The van der Waals surface area contributed by atoms with Crippen LogP contribution in [0.25, 0.3) is 0 Å². The molecule has 0 radical (unpaired) electrons. The number of rotatable bonds is 11. The second-order valence-electron chi connectivity index (χ2n) is 7.57. The van der Waals surface area contributed by atoms with Crippen molar-refractivity contribution in [3.63, 3.8) is 0 Å². The molecule has 4 amide bonds. The monoisotopic (exact) mass is 412 g/mol. The SMILES string of the molecule is CN(CCCCCC(=O)[NH][AlH2])C(=O)CCCC[C@@H]1SC[C@@H]2NC(=O)N(C)[C@@H]21. The van der Waals surface area contributed by atoms with Crippen LogP contribution in [0.1, 0.15) is 51.4 Å². The van der Waals surface area contributed by atoms with Crippen LogP contribution < -0.4 is 9.62 Å². The fraction of sp³-hybridized carbons (Fsp3) is 0.833. The molecule has 2 N–H and O–H groups in total. The molecule has 9 heteroatoms. The summed E-state index contributed by atoms with van der Waals surface area (Å²) in [7, 11) is 3.75. The number of amides is 4. The van der Waals surface area contributed by atoms with Crippen LogP contribution in [0, 0.1) is 0 Å². The number of urea groups is 1. The van der Waals surface area contributed by atoms with E-state index in [2.05, 4.69) is 9.62 Å². The molecule has 0 aromatic heterocycles. The van der Waals surface area contributed by atoms with Crippen molar-refractivity contribution >= 4 is 46.1 Å². The topological polar surface area (TPSA) is 81.8 Å². The molecule has 2 fully saturated rings. The third-order valence-electron chi connectivity index (χ3n) is 5.59. The third kappa shape index (κ3) is 6.58. The quantitative estimate of drug-likeness (QED) is 0.298. The molecule has 2 aliphatic heterocycles. The molecule has 7 nitrogen and oxygen atoms in total. The van der Waals surface area contributed by atoms with E-state index < -0.39 is 0 Å². The van der Waals surface area contributed by atoms with Crippen LogP contribution in [0.5, 0.6) is 0 Å². The molecule has 0 aliphatic carbocycles. The maximum Gasteiger partial charge on any atom is 0.364 e. The van der Waals surface area contributed by atoms with E-state index in [1.807, 2.05) is 35.7 Å². The van der Waals surface area contributed by atoms with Crippen LogP contribution in [0.4, 0.5) is 4.79 Å². The number of hydrogen-bond acceptors (Lipinski definition) is 4. The lowest BCUT2D eigenvalue weighted by molar-refractivity contribution is -0.130. The first kappa shape index (κ1) is 22.4. The Morgan fingerprint density at radius 3 is 2.74 bits per heavy atom. The minimum Gasteiger partial charge on any atom is -0.453 e. The van der Waals surface area contributed by atoms with Gasteiger partial charge >= 0.3 is 22.5 Å². The Balaban J connectivity index is 1.54. The van der Waals surface area contributed by atoms with Crippen molar-refractivity contribution in [3.05, 3.63) is 0 Å². The Morgan fingerprint density at radius 1 is 1.26 bits per heavy atom. The maximum atomic E-state index is 12.2. The molecule has 0 saturated carbocycles. The van der Waals surface area contributed by atoms with E-state index >= 15 is 0 Å². The van der Waals surface area contributed by atoms with Gasteiger partial charge in [-0.3, -0.25) is 9.59 Å². The zero-order chi connectivity index (χ0) is 19.8. The van der Waals surface area contributed by atoms with Gasteiger partial charge in [-0.1, -0.05) is 12.8 Å². The van der Waals surface area contributed by atoms with E-state index in [9.17, 15) is 14.4 Å². The van der Waals surface area contributed by atoms with Gasteiger partial charge in [0, 0.05) is 44.5 Å². The first-order chi connectivity index (χ1) is 12.9. The van der Waals surface area contributed by atoms with Crippen molar-refractivity contribution in [2.75, 3.05) is 26.4 Å². The number of hydrogen-bond donors (Lipinski definition) is 2. The summed E-state index contributed by atoms with van der Waals surface area (Å²) in [6.45, 7) is 0.766. The smallest absolute Gasteiger partial charge is 0.364 e. The lowest BCUT2D eigenvalue weighted by Crippen LogP contribution is -2.38. The summed E-state index contributed by atoms with van der Waals surface area (Å²) >= 11 is 2.66. The molecule has 2 rings (SSSR count). The van der Waals surface area contributed by atoms with Gasteiger partial charge in [0.25, 0.3) is 0 Å². The Bertz CT molecular complexity index is 537. The normalized spacial score (nSPS) is 23.9. The van der Waals surface area contributed by atoms with Crippen LogP contribution in [0.3, 0.4) is 0 Å². The van der Waals surface area contributed by atoms with Crippen molar-refractivity contribution in [2.45, 2.75) is 68.7 Å². The van der Waals surface area contributed by atoms with Gasteiger partial charge in [-0.15, -0.1) is 0 Å². The summed E-state index contributed by atoms with van der Waals surface area (Å²) in [6.07, 6.45) is 7.01. The standard InChI is InChI=1S/C18H32N4O3S.Al.2H/c1-21(11-7-3-4-9-15(19)23)16(24)10-6-5-8-14-17-13(12-26-14)20-18(25)22(17)2;;;/h13-14,17H,3-12H2,1-2H3,(H3,19,20,23,25);;;/q;+1;;/p-1/t13-,14-,17-;;;/m0.../s1. The molecule has 3 atom stereocenters. The lowest BCUT2D eigenvalue weighted by atomic mass is 10.0. The Morgan fingerprint density at radius 2 is 2.00 bits per heavy atom. The van der Waals surface area contributed by atoms with E-state index in [-0.39, 0.29) is 23.9 Å². The number of nitrogens with one attached hydrogen (secondary N) is 2. The molecule has 152 valence electrons. The molecule has 0 aromatic rings. The molecule has 2 aliphatic rings. The minimum atomic E-state index is 0.0456. The number of likely N-dealkylation sites (N-methyl/N-ethyl adjacent to an activating group) is 1. The summed E-state index contributed by atoms with van der Waals surface area (Å²) in [5, 5.41) is 3.52.